The van der Waals surface area contributed by atoms with Crippen LogP contribution in [0.2, 0.25) is 0 Å². The number of halogens is 2. The van der Waals surface area contributed by atoms with Gasteiger partial charge >= 0.3 is 0 Å². The van der Waals surface area contributed by atoms with Gasteiger partial charge in [0.1, 0.15) is 24.8 Å². The first kappa shape index (κ1) is 20.4. The van der Waals surface area contributed by atoms with Crippen LogP contribution in [-0.4, -0.2) is 9.97 Å². The van der Waals surface area contributed by atoms with Crippen LogP contribution in [0.15, 0.2) is 37.4 Å². The molecule has 0 unspecified atom stereocenters. The average molecular weight is 422 g/mol. The fraction of sp³-hybridized carbons (Fsp3) is 0.600. The highest BCUT2D eigenvalue weighted by Gasteiger charge is 2.61. The second-order valence-electron chi connectivity index (χ2n) is 7.21. The molecule has 4 nitrogen and oxygen atoms in total. The third-order valence-electron chi connectivity index (χ3n) is 3.93. The SMILES string of the molecule is CC(C)(C)C([n+]1cc[nH]c1)([n+]1cc[nH]c1)C(C)(C)C.[Br-].[Br-]. The lowest BCUT2D eigenvalue weighted by molar-refractivity contribution is -1.02. The van der Waals surface area contributed by atoms with Crippen LogP contribution in [0.3, 0.4) is 0 Å². The molecule has 0 aliphatic rings. The number of nitrogens with one attached hydrogen (secondary N) is 2. The van der Waals surface area contributed by atoms with Crippen LogP contribution in [0.5, 0.6) is 0 Å². The van der Waals surface area contributed by atoms with E-state index in [9.17, 15) is 0 Å². The first-order valence-corrected chi connectivity index (χ1v) is 6.80. The van der Waals surface area contributed by atoms with E-state index >= 15 is 0 Å². The molecule has 2 N–H and O–H groups in total. The van der Waals surface area contributed by atoms with Gasteiger partial charge in [0, 0.05) is 10.8 Å². The van der Waals surface area contributed by atoms with Crippen LogP contribution in [0.25, 0.3) is 0 Å². The molecular formula is C15H26Br2N4. The maximum absolute atomic E-state index is 3.18. The number of hydrogen-bond donors (Lipinski definition) is 2. The van der Waals surface area contributed by atoms with Crippen LogP contribution in [0.1, 0.15) is 41.5 Å². The minimum absolute atomic E-state index is 0. The molecule has 0 radical (unpaired) electrons. The molecule has 0 amide bonds. The van der Waals surface area contributed by atoms with E-state index in [1.807, 2.05) is 25.0 Å². The summed E-state index contributed by atoms with van der Waals surface area (Å²) in [5.74, 6) is 0. The quantitative estimate of drug-likeness (QED) is 0.467. The van der Waals surface area contributed by atoms with Gasteiger partial charge in [0.15, 0.2) is 0 Å². The fourth-order valence-corrected chi connectivity index (χ4v) is 3.79. The van der Waals surface area contributed by atoms with E-state index in [2.05, 4.69) is 73.0 Å². The first-order valence-electron chi connectivity index (χ1n) is 6.80. The second-order valence-corrected chi connectivity index (χ2v) is 7.21. The summed E-state index contributed by atoms with van der Waals surface area (Å²) >= 11 is 0. The van der Waals surface area contributed by atoms with E-state index < -0.39 is 0 Å². The van der Waals surface area contributed by atoms with Gasteiger partial charge in [0.05, 0.1) is 0 Å². The number of imidazole rings is 2. The third kappa shape index (κ3) is 3.11. The number of aromatic nitrogens is 4. The Morgan fingerprint density at radius 1 is 0.667 bits per heavy atom. The lowest BCUT2D eigenvalue weighted by atomic mass is 9.65. The summed E-state index contributed by atoms with van der Waals surface area (Å²) in [6.45, 7) is 13.7. The monoisotopic (exact) mass is 420 g/mol. The number of nitrogens with zero attached hydrogens (tertiary/aromatic N) is 2. The Balaban J connectivity index is 0.00000200. The topological polar surface area (TPSA) is 39.3 Å². The van der Waals surface area contributed by atoms with E-state index in [1.54, 1.807) is 0 Å². The molecule has 120 valence electrons. The van der Waals surface area contributed by atoms with Gasteiger partial charge < -0.3 is 34.0 Å². The van der Waals surface area contributed by atoms with Crippen LogP contribution < -0.4 is 43.1 Å². The second kappa shape index (κ2) is 6.65. The van der Waals surface area contributed by atoms with Crippen molar-refractivity contribution in [2.24, 2.45) is 10.8 Å². The predicted octanol–water partition coefficient (Wildman–Crippen LogP) is -3.78. The normalized spacial score (nSPS) is 12.5. The number of aromatic amines is 2. The molecule has 2 aromatic rings. The molecule has 6 heteroatoms. The molecule has 0 bridgehead atoms. The summed E-state index contributed by atoms with van der Waals surface area (Å²) in [4.78, 5) is 6.36. The third-order valence-corrected chi connectivity index (χ3v) is 3.93. The van der Waals surface area contributed by atoms with Crippen molar-refractivity contribution in [1.29, 1.82) is 0 Å². The molecule has 0 aliphatic carbocycles. The lowest BCUT2D eigenvalue weighted by Gasteiger charge is -2.47. The Bertz CT molecular complexity index is 469. The van der Waals surface area contributed by atoms with Gasteiger partial charge in [0.2, 0.25) is 12.7 Å². The van der Waals surface area contributed by atoms with Crippen molar-refractivity contribution in [3.63, 3.8) is 0 Å². The molecule has 0 aromatic carbocycles. The van der Waals surface area contributed by atoms with Crippen molar-refractivity contribution >= 4 is 0 Å². The van der Waals surface area contributed by atoms with Gasteiger partial charge in [-0.15, -0.1) is 0 Å². The lowest BCUT2D eigenvalue weighted by Crippen LogP contribution is -3.00. The Morgan fingerprint density at radius 3 is 1.19 bits per heavy atom. The van der Waals surface area contributed by atoms with Gasteiger partial charge in [-0.25, -0.2) is 0 Å². The molecule has 0 aliphatic heterocycles. The zero-order chi connectivity index (χ0) is 14.3. The highest BCUT2D eigenvalue weighted by atomic mass is 79.9. The Labute approximate surface area is 148 Å². The molecule has 2 aromatic heterocycles. The predicted molar refractivity (Wildman–Crippen MR) is 74.3 cm³/mol. The minimum atomic E-state index is -0.208. The van der Waals surface area contributed by atoms with E-state index in [0.717, 1.165) is 0 Å². The van der Waals surface area contributed by atoms with Gasteiger partial charge in [-0.05, 0) is 0 Å². The smallest absolute Gasteiger partial charge is 0.261 e. The molecule has 21 heavy (non-hydrogen) atoms. The summed E-state index contributed by atoms with van der Waals surface area (Å²) < 4.78 is 4.56. The first-order chi connectivity index (χ1) is 8.71. The molecule has 0 saturated heterocycles. The Morgan fingerprint density at radius 2 is 1.00 bits per heavy atom. The van der Waals surface area contributed by atoms with E-state index in [1.165, 1.54) is 0 Å². The van der Waals surface area contributed by atoms with E-state index in [-0.39, 0.29) is 50.5 Å². The molecular weight excluding hydrogens is 396 g/mol. The van der Waals surface area contributed by atoms with Gasteiger partial charge in [-0.1, -0.05) is 41.5 Å². The summed E-state index contributed by atoms with van der Waals surface area (Å²) in [5, 5.41) is 0. The Hall–Kier alpha value is -0.620. The van der Waals surface area contributed by atoms with Crippen LogP contribution in [-0.2, 0) is 5.66 Å². The average Bonchev–Trinajstić information content (AvgIpc) is 2.85. The maximum atomic E-state index is 3.18. The molecule has 0 saturated carbocycles. The summed E-state index contributed by atoms with van der Waals surface area (Å²) in [6, 6.07) is 0. The van der Waals surface area contributed by atoms with E-state index in [4.69, 9.17) is 0 Å². The van der Waals surface area contributed by atoms with Crippen molar-refractivity contribution in [3.05, 3.63) is 37.4 Å². The van der Waals surface area contributed by atoms with Crippen molar-refractivity contribution in [1.82, 2.24) is 9.97 Å². The summed E-state index contributed by atoms with van der Waals surface area (Å²) in [7, 11) is 0. The van der Waals surface area contributed by atoms with Crippen molar-refractivity contribution in [2.45, 2.75) is 47.2 Å². The summed E-state index contributed by atoms with van der Waals surface area (Å²) in [6.07, 6.45) is 12.2. The van der Waals surface area contributed by atoms with Gasteiger partial charge in [-0.3, -0.25) is 9.97 Å². The number of rotatable bonds is 2. The highest BCUT2D eigenvalue weighted by Crippen LogP contribution is 2.43. The zero-order valence-corrected chi connectivity index (χ0v) is 16.8. The van der Waals surface area contributed by atoms with Gasteiger partial charge in [-0.2, -0.15) is 9.13 Å². The van der Waals surface area contributed by atoms with E-state index in [0.29, 0.717) is 0 Å². The van der Waals surface area contributed by atoms with Crippen LogP contribution >= 0.6 is 0 Å². The molecule has 0 atom stereocenters. The van der Waals surface area contributed by atoms with Crippen molar-refractivity contribution < 1.29 is 43.1 Å². The van der Waals surface area contributed by atoms with Crippen molar-refractivity contribution in [3.8, 4) is 0 Å². The molecule has 2 heterocycles. The fourth-order valence-electron chi connectivity index (χ4n) is 3.79. The van der Waals surface area contributed by atoms with Crippen LogP contribution in [0, 0.1) is 10.8 Å². The highest BCUT2D eigenvalue weighted by molar-refractivity contribution is 4.88. The zero-order valence-electron chi connectivity index (χ0n) is 13.6. The largest absolute Gasteiger partial charge is 1.00 e. The van der Waals surface area contributed by atoms with Crippen molar-refractivity contribution in [2.75, 3.05) is 0 Å². The molecule has 2 rings (SSSR count). The minimum Gasteiger partial charge on any atom is -1.00 e. The number of H-pyrrole nitrogens is 2. The number of hydrogen-bond acceptors (Lipinski definition) is 0. The standard InChI is InChI=1S/C15H24N4.2BrH/c1-13(2,3)15(14(4,5)6,18-9-7-16-11-18)19-10-8-17-12-19;;/h7-12H,1-6H3;2*1H. The maximum Gasteiger partial charge on any atom is 0.261 e. The molecule has 0 fully saturated rings. The molecule has 0 spiro atoms. The van der Waals surface area contributed by atoms with Crippen LogP contribution in [0.4, 0.5) is 0 Å². The van der Waals surface area contributed by atoms with Gasteiger partial charge in [0.25, 0.3) is 5.66 Å². The summed E-state index contributed by atoms with van der Waals surface area (Å²) in [5.41, 5.74) is -0.143. The Kier molecular flexibility index (Phi) is 6.45.